The molecule has 2 bridgehead atoms. The van der Waals surface area contributed by atoms with Crippen LogP contribution in [0.15, 0.2) is 28.2 Å². The molecule has 2 saturated heterocycles. The maximum absolute atomic E-state index is 12.6. The van der Waals surface area contributed by atoms with Crippen LogP contribution < -0.4 is 10.6 Å². The number of nitrogens with one attached hydrogen (secondary N) is 2. The van der Waals surface area contributed by atoms with Gasteiger partial charge in [-0.15, -0.1) is 11.3 Å². The second kappa shape index (κ2) is 7.20. The molecule has 26 heavy (non-hydrogen) atoms. The highest BCUT2D eigenvalue weighted by atomic mass is 32.1. The van der Waals surface area contributed by atoms with Crippen LogP contribution >= 0.6 is 11.3 Å². The van der Waals surface area contributed by atoms with E-state index in [-0.39, 0.29) is 24.0 Å². The molecule has 2 aliphatic rings. The van der Waals surface area contributed by atoms with Crippen LogP contribution in [0.1, 0.15) is 41.9 Å². The number of hydrogen-bond acceptors (Lipinski definition) is 6. The molecule has 2 aromatic rings. The molecule has 0 spiro atoms. The van der Waals surface area contributed by atoms with E-state index in [0.717, 1.165) is 12.8 Å². The van der Waals surface area contributed by atoms with Gasteiger partial charge in [0.15, 0.2) is 10.9 Å². The van der Waals surface area contributed by atoms with Gasteiger partial charge in [-0.3, -0.25) is 14.9 Å². The maximum Gasteiger partial charge on any atom is 0.293 e. The Balaban J connectivity index is 1.33. The Morgan fingerprint density at radius 3 is 2.85 bits per heavy atom. The Kier molecular flexibility index (Phi) is 4.78. The highest BCUT2D eigenvalue weighted by Gasteiger charge is 2.36. The van der Waals surface area contributed by atoms with Gasteiger partial charge in [-0.05, 0) is 37.8 Å². The first-order valence-electron chi connectivity index (χ1n) is 8.89. The van der Waals surface area contributed by atoms with E-state index in [0.29, 0.717) is 29.0 Å². The van der Waals surface area contributed by atoms with Crippen molar-refractivity contribution in [2.75, 3.05) is 12.4 Å². The molecule has 0 aliphatic carbocycles. The fourth-order valence-corrected chi connectivity index (χ4v) is 4.54. The standard InChI is InChI=1S/C18H22N4O3S/c1-22(14-7-11-4-5-12(8-14)19-11)16(23)9-13-10-26-18(20-13)21-17(24)15-3-2-6-25-15/h2-3,6,10-12,14,19H,4-5,7-9H2,1H3,(H,20,21,24). The Morgan fingerprint density at radius 1 is 1.38 bits per heavy atom. The van der Waals surface area contributed by atoms with Crippen molar-refractivity contribution in [3.63, 3.8) is 0 Å². The molecule has 2 unspecified atom stereocenters. The number of anilines is 1. The van der Waals surface area contributed by atoms with Crippen molar-refractivity contribution in [1.82, 2.24) is 15.2 Å². The quantitative estimate of drug-likeness (QED) is 0.838. The Morgan fingerprint density at radius 2 is 2.15 bits per heavy atom. The number of carbonyl (C=O) groups excluding carboxylic acids is 2. The number of amides is 2. The maximum atomic E-state index is 12.6. The second-order valence-corrected chi connectivity index (χ2v) is 7.88. The molecule has 2 fully saturated rings. The van der Waals surface area contributed by atoms with E-state index in [1.807, 2.05) is 17.3 Å². The van der Waals surface area contributed by atoms with Crippen LogP contribution in [-0.4, -0.2) is 46.9 Å². The van der Waals surface area contributed by atoms with Gasteiger partial charge in [0.25, 0.3) is 5.91 Å². The number of rotatable bonds is 5. The van der Waals surface area contributed by atoms with Crippen molar-refractivity contribution >= 4 is 28.3 Å². The average molecular weight is 374 g/mol. The van der Waals surface area contributed by atoms with Crippen molar-refractivity contribution in [2.45, 2.75) is 50.2 Å². The molecule has 2 N–H and O–H groups in total. The van der Waals surface area contributed by atoms with Gasteiger partial charge in [0.1, 0.15) is 0 Å². The SMILES string of the molecule is CN(C(=O)Cc1csc(NC(=O)c2ccco2)n1)C1CC2CCC(C1)N2. The molecule has 2 atom stereocenters. The summed E-state index contributed by atoms with van der Waals surface area (Å²) in [4.78, 5) is 30.8. The molecule has 0 radical (unpaired) electrons. The third kappa shape index (κ3) is 3.66. The Labute approximate surface area is 155 Å². The molecule has 0 aromatic carbocycles. The van der Waals surface area contributed by atoms with E-state index in [4.69, 9.17) is 4.42 Å². The molecular weight excluding hydrogens is 352 g/mol. The lowest BCUT2D eigenvalue weighted by molar-refractivity contribution is -0.132. The van der Waals surface area contributed by atoms with E-state index in [1.54, 1.807) is 12.1 Å². The lowest BCUT2D eigenvalue weighted by Gasteiger charge is -2.35. The first-order valence-corrected chi connectivity index (χ1v) is 9.77. The summed E-state index contributed by atoms with van der Waals surface area (Å²) in [5.41, 5.74) is 0.679. The van der Waals surface area contributed by atoms with Gasteiger partial charge in [0.2, 0.25) is 5.91 Å². The molecule has 4 rings (SSSR count). The molecule has 2 amide bonds. The van der Waals surface area contributed by atoms with E-state index >= 15 is 0 Å². The van der Waals surface area contributed by atoms with Crippen LogP contribution in [0.4, 0.5) is 5.13 Å². The topological polar surface area (TPSA) is 87.5 Å². The minimum Gasteiger partial charge on any atom is -0.459 e. The summed E-state index contributed by atoms with van der Waals surface area (Å²) in [7, 11) is 1.89. The van der Waals surface area contributed by atoms with Gasteiger partial charge in [0.05, 0.1) is 18.4 Å². The minimum atomic E-state index is -0.343. The summed E-state index contributed by atoms with van der Waals surface area (Å²) in [6.45, 7) is 0. The zero-order chi connectivity index (χ0) is 18.1. The van der Waals surface area contributed by atoms with E-state index < -0.39 is 0 Å². The van der Waals surface area contributed by atoms with Crippen LogP contribution in [0.3, 0.4) is 0 Å². The number of nitrogens with zero attached hydrogens (tertiary/aromatic N) is 2. The van der Waals surface area contributed by atoms with Crippen molar-refractivity contribution in [3.05, 3.63) is 35.2 Å². The molecule has 2 aliphatic heterocycles. The monoisotopic (exact) mass is 374 g/mol. The van der Waals surface area contributed by atoms with Gasteiger partial charge in [-0.2, -0.15) is 0 Å². The third-order valence-electron chi connectivity index (χ3n) is 5.24. The minimum absolute atomic E-state index is 0.0745. The summed E-state index contributed by atoms with van der Waals surface area (Å²) in [5.74, 6) is -0.0341. The third-order valence-corrected chi connectivity index (χ3v) is 6.05. The molecule has 4 heterocycles. The molecule has 7 nitrogen and oxygen atoms in total. The normalized spacial score (nSPS) is 24.4. The first kappa shape index (κ1) is 17.2. The number of thiazole rings is 1. The largest absolute Gasteiger partial charge is 0.459 e. The number of carbonyl (C=O) groups is 2. The average Bonchev–Trinajstić information content (AvgIpc) is 3.36. The zero-order valence-electron chi connectivity index (χ0n) is 14.6. The summed E-state index contributed by atoms with van der Waals surface area (Å²) < 4.78 is 5.06. The number of aromatic nitrogens is 1. The van der Waals surface area contributed by atoms with Gasteiger partial charge < -0.3 is 14.6 Å². The van der Waals surface area contributed by atoms with E-state index in [2.05, 4.69) is 15.6 Å². The molecule has 0 saturated carbocycles. The highest BCUT2D eigenvalue weighted by Crippen LogP contribution is 2.29. The molecule has 8 heteroatoms. The van der Waals surface area contributed by atoms with Crippen LogP contribution in [-0.2, 0) is 11.2 Å². The number of hydrogen-bond donors (Lipinski definition) is 2. The summed E-state index contributed by atoms with van der Waals surface area (Å²) >= 11 is 1.31. The lowest BCUT2D eigenvalue weighted by atomic mass is 9.98. The first-order chi connectivity index (χ1) is 12.6. The van der Waals surface area contributed by atoms with Crippen molar-refractivity contribution in [3.8, 4) is 0 Å². The Bertz CT molecular complexity index is 776. The summed E-state index contributed by atoms with van der Waals surface area (Å²) in [5, 5.41) is 8.58. The predicted molar refractivity (Wildman–Crippen MR) is 98.2 cm³/mol. The smallest absolute Gasteiger partial charge is 0.293 e. The van der Waals surface area contributed by atoms with Gasteiger partial charge in [-0.1, -0.05) is 0 Å². The van der Waals surface area contributed by atoms with Gasteiger partial charge in [0, 0.05) is 30.6 Å². The van der Waals surface area contributed by atoms with Crippen LogP contribution in [0, 0.1) is 0 Å². The van der Waals surface area contributed by atoms with Crippen molar-refractivity contribution in [2.24, 2.45) is 0 Å². The molecule has 138 valence electrons. The molecule has 2 aromatic heterocycles. The van der Waals surface area contributed by atoms with Crippen molar-refractivity contribution in [1.29, 1.82) is 0 Å². The van der Waals surface area contributed by atoms with Crippen LogP contribution in [0.5, 0.6) is 0 Å². The van der Waals surface area contributed by atoms with Gasteiger partial charge >= 0.3 is 0 Å². The van der Waals surface area contributed by atoms with Crippen LogP contribution in [0.2, 0.25) is 0 Å². The number of furan rings is 1. The van der Waals surface area contributed by atoms with Gasteiger partial charge in [-0.25, -0.2) is 4.98 Å². The van der Waals surface area contributed by atoms with E-state index in [1.165, 1.54) is 30.4 Å². The number of fused-ring (bicyclic) bond motifs is 2. The molecular formula is C18H22N4O3S. The van der Waals surface area contributed by atoms with Crippen molar-refractivity contribution < 1.29 is 14.0 Å². The lowest BCUT2D eigenvalue weighted by Crippen LogP contribution is -2.49. The Hall–Kier alpha value is -2.19. The summed E-state index contributed by atoms with van der Waals surface area (Å²) in [6, 6.07) is 4.66. The fourth-order valence-electron chi connectivity index (χ4n) is 3.84. The van der Waals surface area contributed by atoms with E-state index in [9.17, 15) is 9.59 Å². The summed E-state index contributed by atoms with van der Waals surface area (Å²) in [6.07, 6.45) is 6.19. The fraction of sp³-hybridized carbons (Fsp3) is 0.500. The second-order valence-electron chi connectivity index (χ2n) is 7.02. The number of likely N-dealkylation sites (N-methyl/N-ethyl adjacent to an activating group) is 1. The number of piperidine rings is 1. The zero-order valence-corrected chi connectivity index (χ0v) is 15.4. The predicted octanol–water partition coefficient (Wildman–Crippen LogP) is 2.27. The highest BCUT2D eigenvalue weighted by molar-refractivity contribution is 7.14. The van der Waals surface area contributed by atoms with Crippen LogP contribution in [0.25, 0.3) is 0 Å².